The molecule has 5 amide bonds. The lowest BCUT2D eigenvalue weighted by Crippen LogP contribution is -2.57. The molecule has 3 aromatic rings. The fourth-order valence-electron chi connectivity index (χ4n) is 5.77. The fraction of sp³-hybridized carbons (Fsp3) is 0.432. The van der Waals surface area contributed by atoms with Gasteiger partial charge in [-0.15, -0.1) is 23.5 Å². The number of ether oxygens (including phenoxy) is 3. The highest BCUT2D eigenvalue weighted by Gasteiger charge is 2.32. The second-order valence-electron chi connectivity index (χ2n) is 16.2. The van der Waals surface area contributed by atoms with Crippen molar-refractivity contribution >= 4 is 65.0 Å². The van der Waals surface area contributed by atoms with Gasteiger partial charge in [-0.2, -0.15) is 0 Å². The topological polar surface area (TPSA) is 207 Å². The second-order valence-corrected chi connectivity index (χ2v) is 18.6. The zero-order chi connectivity index (χ0) is 44.6. The van der Waals surface area contributed by atoms with E-state index in [1.807, 2.05) is 20.8 Å². The normalized spacial score (nSPS) is 18.7. The maximum atomic E-state index is 14.0. The number of Topliss-reactive ketones (excluding diaryl/α,β-unsaturated/α-hetero) is 1. The number of alkyl carbamates (subject to hydrolysis) is 1. The molecule has 0 aliphatic carbocycles. The van der Waals surface area contributed by atoms with Gasteiger partial charge in [-0.1, -0.05) is 72.8 Å². The SMILES string of the molecule is CC(C)(C)OC(=O)N[C@@H](Cc1ccc(OC(C)(C)C)cc1)C(=O)N[C@H]1CSCSC[C@@H](C(=O)OCC(=O)c2ccccc2)NC(=O)[C@H](Cc2ccccc2)NC(=O)CNC1=O. The highest BCUT2D eigenvalue weighted by Crippen LogP contribution is 2.20. The predicted molar refractivity (Wildman–Crippen MR) is 234 cm³/mol. The van der Waals surface area contributed by atoms with Crippen LogP contribution < -0.4 is 31.3 Å². The molecular formula is C44H55N5O10S2. The van der Waals surface area contributed by atoms with Gasteiger partial charge in [0.05, 0.1) is 6.54 Å². The number of ketones is 1. The summed E-state index contributed by atoms with van der Waals surface area (Å²) < 4.78 is 16.7. The number of hydrogen-bond acceptors (Lipinski definition) is 12. The van der Waals surface area contributed by atoms with E-state index in [9.17, 15) is 33.6 Å². The van der Waals surface area contributed by atoms with E-state index in [1.165, 1.54) is 23.5 Å². The molecule has 0 bridgehead atoms. The van der Waals surface area contributed by atoms with E-state index in [0.717, 1.165) is 5.56 Å². The van der Waals surface area contributed by atoms with Gasteiger partial charge in [-0.25, -0.2) is 9.59 Å². The minimum absolute atomic E-state index is 0.0216. The van der Waals surface area contributed by atoms with E-state index in [4.69, 9.17) is 14.2 Å². The van der Waals surface area contributed by atoms with E-state index < -0.39 is 90.0 Å². The number of thioether (sulfide) groups is 2. The lowest BCUT2D eigenvalue weighted by atomic mass is 10.0. The number of hydrogen-bond donors (Lipinski definition) is 5. The first kappa shape index (κ1) is 48.1. The number of amides is 5. The van der Waals surface area contributed by atoms with Crippen LogP contribution in [0.4, 0.5) is 4.79 Å². The van der Waals surface area contributed by atoms with Crippen LogP contribution in [0.5, 0.6) is 5.75 Å². The molecule has 0 unspecified atom stereocenters. The summed E-state index contributed by atoms with van der Waals surface area (Å²) in [6.45, 7) is 9.75. The Labute approximate surface area is 364 Å². The zero-order valence-corrected chi connectivity index (χ0v) is 36.9. The Kier molecular flexibility index (Phi) is 18.1. The molecule has 1 aliphatic heterocycles. The van der Waals surface area contributed by atoms with Crippen molar-refractivity contribution in [3.8, 4) is 5.75 Å². The van der Waals surface area contributed by atoms with Crippen LogP contribution in [0.3, 0.4) is 0 Å². The van der Waals surface area contributed by atoms with Crippen molar-refractivity contribution in [2.24, 2.45) is 0 Å². The highest BCUT2D eigenvalue weighted by molar-refractivity contribution is 8.16. The molecule has 15 nitrogen and oxygen atoms in total. The summed E-state index contributed by atoms with van der Waals surface area (Å²) in [5.74, 6) is -3.32. The van der Waals surface area contributed by atoms with Gasteiger partial charge in [0.15, 0.2) is 12.4 Å². The van der Waals surface area contributed by atoms with Crippen LogP contribution in [0, 0.1) is 0 Å². The Bertz CT molecular complexity index is 1970. The smallest absolute Gasteiger partial charge is 0.408 e. The van der Waals surface area contributed by atoms with Gasteiger partial charge in [0.25, 0.3) is 0 Å². The van der Waals surface area contributed by atoms with Crippen LogP contribution in [0.1, 0.15) is 63.0 Å². The van der Waals surface area contributed by atoms with Crippen LogP contribution in [-0.4, -0.2) is 107 Å². The monoisotopic (exact) mass is 877 g/mol. The van der Waals surface area contributed by atoms with Crippen LogP contribution in [-0.2, 0) is 46.3 Å². The molecule has 0 spiro atoms. The number of nitrogens with one attached hydrogen (secondary N) is 5. The van der Waals surface area contributed by atoms with E-state index in [0.29, 0.717) is 22.0 Å². The van der Waals surface area contributed by atoms with Crippen LogP contribution in [0.2, 0.25) is 0 Å². The molecule has 1 saturated heterocycles. The Hall–Kier alpha value is -5.55. The quantitative estimate of drug-likeness (QED) is 0.130. The van der Waals surface area contributed by atoms with Crippen molar-refractivity contribution in [3.05, 3.63) is 102 Å². The number of carbonyl (C=O) groups excluding carboxylic acids is 7. The molecule has 5 N–H and O–H groups in total. The summed E-state index contributed by atoms with van der Waals surface area (Å²) in [5, 5.41) is 13.6. The molecular weight excluding hydrogens is 823 g/mol. The average Bonchev–Trinajstić information content (AvgIpc) is 3.20. The van der Waals surface area contributed by atoms with Crippen molar-refractivity contribution in [2.45, 2.75) is 89.8 Å². The highest BCUT2D eigenvalue weighted by atomic mass is 32.2. The molecule has 1 aliphatic rings. The molecule has 3 aromatic carbocycles. The van der Waals surface area contributed by atoms with E-state index in [1.54, 1.807) is 106 Å². The van der Waals surface area contributed by atoms with E-state index in [2.05, 4.69) is 26.6 Å². The summed E-state index contributed by atoms with van der Waals surface area (Å²) in [6, 6.07) is 19.6. The number of esters is 1. The third-order valence-corrected chi connectivity index (χ3v) is 11.0. The van der Waals surface area contributed by atoms with Gasteiger partial charge in [0.2, 0.25) is 23.6 Å². The van der Waals surface area contributed by atoms with Gasteiger partial charge in [0.1, 0.15) is 41.1 Å². The van der Waals surface area contributed by atoms with Gasteiger partial charge in [-0.3, -0.25) is 24.0 Å². The first-order chi connectivity index (χ1) is 28.8. The Morgan fingerprint density at radius 2 is 1.41 bits per heavy atom. The summed E-state index contributed by atoms with van der Waals surface area (Å²) in [6.07, 6.45) is -0.737. The number of benzene rings is 3. The van der Waals surface area contributed by atoms with Crippen molar-refractivity contribution in [1.29, 1.82) is 0 Å². The largest absolute Gasteiger partial charge is 0.488 e. The molecule has 0 aromatic heterocycles. The van der Waals surface area contributed by atoms with Crippen molar-refractivity contribution in [2.75, 3.05) is 29.7 Å². The molecule has 4 atom stereocenters. The zero-order valence-electron chi connectivity index (χ0n) is 35.2. The first-order valence-corrected chi connectivity index (χ1v) is 22.1. The molecule has 61 heavy (non-hydrogen) atoms. The lowest BCUT2D eigenvalue weighted by molar-refractivity contribution is -0.146. The third-order valence-electron chi connectivity index (χ3n) is 8.56. The number of rotatable bonds is 12. The van der Waals surface area contributed by atoms with Crippen molar-refractivity contribution < 1.29 is 47.8 Å². The lowest BCUT2D eigenvalue weighted by Gasteiger charge is -2.25. The van der Waals surface area contributed by atoms with E-state index >= 15 is 0 Å². The molecule has 1 heterocycles. The van der Waals surface area contributed by atoms with Crippen LogP contribution >= 0.6 is 23.5 Å². The van der Waals surface area contributed by atoms with Crippen molar-refractivity contribution in [3.63, 3.8) is 0 Å². The maximum Gasteiger partial charge on any atom is 0.408 e. The average molecular weight is 878 g/mol. The minimum Gasteiger partial charge on any atom is -0.488 e. The molecule has 328 valence electrons. The standard InChI is InChI=1S/C44H55N5O10S2/c1-43(2,3)58-31-19-17-29(18-20-31)22-33(49-42(56)59-44(4,5)6)40(54)47-34-25-60-27-61-26-35(41(55)57-24-36(50)30-15-11-8-12-16-30)48-39(53)32(21-28-13-9-7-10-14-28)46-37(51)23-45-38(34)52/h7-20,32-35H,21-27H2,1-6H3,(H,45,52)(H,46,51)(H,47,54)(H,48,53)(H,49,56)/t32-,33-,34-,35-/m0/s1. The van der Waals surface area contributed by atoms with E-state index in [-0.39, 0.29) is 24.3 Å². The Morgan fingerprint density at radius 3 is 2.05 bits per heavy atom. The third kappa shape index (κ3) is 17.5. The fourth-order valence-corrected chi connectivity index (χ4v) is 7.94. The van der Waals surface area contributed by atoms with Crippen LogP contribution in [0.15, 0.2) is 84.9 Å². The minimum atomic E-state index is -1.20. The van der Waals surface area contributed by atoms with Gasteiger partial charge in [0, 0.05) is 35.0 Å². The Balaban J connectivity index is 1.53. The summed E-state index contributed by atoms with van der Waals surface area (Å²) in [4.78, 5) is 93.7. The molecule has 1 fully saturated rings. The van der Waals surface area contributed by atoms with Gasteiger partial charge >= 0.3 is 12.1 Å². The van der Waals surface area contributed by atoms with Crippen LogP contribution in [0.25, 0.3) is 0 Å². The molecule has 0 saturated carbocycles. The summed E-state index contributed by atoms with van der Waals surface area (Å²) in [5.41, 5.74) is 0.480. The van der Waals surface area contributed by atoms with Crippen molar-refractivity contribution in [1.82, 2.24) is 26.6 Å². The summed E-state index contributed by atoms with van der Waals surface area (Å²) >= 11 is 2.51. The number of carbonyl (C=O) groups is 7. The van der Waals surface area contributed by atoms with Gasteiger partial charge < -0.3 is 40.8 Å². The maximum absolute atomic E-state index is 14.0. The first-order valence-electron chi connectivity index (χ1n) is 19.7. The molecule has 17 heteroatoms. The predicted octanol–water partition coefficient (Wildman–Crippen LogP) is 3.98. The summed E-state index contributed by atoms with van der Waals surface area (Å²) in [7, 11) is 0. The Morgan fingerprint density at radius 1 is 0.770 bits per heavy atom. The second kappa shape index (κ2) is 22.9. The van der Waals surface area contributed by atoms with Gasteiger partial charge in [-0.05, 0) is 64.8 Å². The molecule has 0 radical (unpaired) electrons. The molecule has 4 rings (SSSR count).